The Labute approximate surface area is 263 Å². The van der Waals surface area contributed by atoms with Crippen LogP contribution in [0.25, 0.3) is 10.9 Å². The normalized spacial score (nSPS) is 12.0. The van der Waals surface area contributed by atoms with Crippen LogP contribution in [0, 0.1) is 17.1 Å². The Morgan fingerprint density at radius 3 is 2.33 bits per heavy atom. The van der Waals surface area contributed by atoms with Gasteiger partial charge < -0.3 is 20.1 Å². The lowest BCUT2D eigenvalue weighted by Crippen LogP contribution is -2.31. The molecule has 0 fully saturated rings. The van der Waals surface area contributed by atoms with Gasteiger partial charge in [-0.25, -0.2) is 9.18 Å². The number of benzene rings is 4. The molecule has 1 aliphatic rings. The van der Waals surface area contributed by atoms with Crippen LogP contribution in [-0.2, 0) is 6.54 Å². The van der Waals surface area contributed by atoms with Crippen molar-refractivity contribution in [2.24, 2.45) is 0 Å². The van der Waals surface area contributed by atoms with Crippen LogP contribution >= 0.6 is 0 Å². The van der Waals surface area contributed by atoms with Crippen molar-refractivity contribution in [2.45, 2.75) is 13.0 Å². The number of nitrogens with one attached hydrogen (secondary N) is 2. The Bertz CT molecular complexity index is 1960. The number of pyridine rings is 1. The Hall–Kier alpha value is -6.28. The number of hydrogen-bond donors (Lipinski definition) is 2. The Morgan fingerprint density at radius 2 is 1.63 bits per heavy atom. The molecule has 0 bridgehead atoms. The molecule has 0 aliphatic carbocycles. The van der Waals surface area contributed by atoms with E-state index in [0.717, 1.165) is 5.56 Å². The maximum absolute atomic E-state index is 13.1. The summed E-state index contributed by atoms with van der Waals surface area (Å²) in [5, 5.41) is 15.8. The first-order valence-electron chi connectivity index (χ1n) is 14.4. The van der Waals surface area contributed by atoms with E-state index in [4.69, 9.17) is 9.47 Å². The highest BCUT2D eigenvalue weighted by Crippen LogP contribution is 2.33. The maximum atomic E-state index is 13.1. The number of fused-ring (bicyclic) bond motifs is 2. The van der Waals surface area contributed by atoms with Crippen molar-refractivity contribution in [2.75, 3.05) is 18.5 Å². The SMILES string of the molecule is N#Cc1cc2c(Oc3ccc(CNC(=O)Nc4ccc(F)cc4)cc3)ccnc2cc1OCCCN1C(=O)c2ccccc2C1=O. The number of urea groups is 1. The Kier molecular flexibility index (Phi) is 8.51. The first-order chi connectivity index (χ1) is 22.4. The van der Waals surface area contributed by atoms with Crippen molar-refractivity contribution in [3.05, 3.63) is 125 Å². The molecule has 2 N–H and O–H groups in total. The average Bonchev–Trinajstić information content (AvgIpc) is 3.32. The average molecular weight is 616 g/mol. The van der Waals surface area contributed by atoms with E-state index in [1.165, 1.54) is 29.2 Å². The molecule has 0 atom stereocenters. The monoisotopic (exact) mass is 615 g/mol. The highest BCUT2D eigenvalue weighted by molar-refractivity contribution is 6.21. The molecule has 0 saturated carbocycles. The van der Waals surface area contributed by atoms with E-state index < -0.39 is 6.03 Å². The Balaban J connectivity index is 1.05. The van der Waals surface area contributed by atoms with Crippen LogP contribution in [0.1, 0.15) is 38.3 Å². The molecule has 11 heteroatoms. The molecular formula is C35H26FN5O5. The second kappa shape index (κ2) is 13.2. The van der Waals surface area contributed by atoms with Gasteiger partial charge in [-0.15, -0.1) is 0 Å². The quantitative estimate of drug-likeness (QED) is 0.137. The molecule has 4 amide bonds. The minimum absolute atomic E-state index is 0.179. The van der Waals surface area contributed by atoms with Gasteiger partial charge in [-0.1, -0.05) is 24.3 Å². The molecule has 0 saturated heterocycles. The fourth-order valence-electron chi connectivity index (χ4n) is 4.98. The predicted octanol–water partition coefficient (Wildman–Crippen LogP) is 6.42. The summed E-state index contributed by atoms with van der Waals surface area (Å²) in [5.74, 6) is 0.338. The molecule has 2 heterocycles. The highest BCUT2D eigenvalue weighted by Gasteiger charge is 2.34. The molecule has 0 radical (unpaired) electrons. The third-order valence-electron chi connectivity index (χ3n) is 7.29. The molecule has 1 aromatic heterocycles. The molecular weight excluding hydrogens is 589 g/mol. The van der Waals surface area contributed by atoms with Gasteiger partial charge in [0, 0.05) is 36.4 Å². The van der Waals surface area contributed by atoms with E-state index in [0.29, 0.717) is 51.4 Å². The van der Waals surface area contributed by atoms with Crippen molar-refractivity contribution >= 4 is 34.4 Å². The number of amides is 4. The van der Waals surface area contributed by atoms with E-state index in [1.54, 1.807) is 60.8 Å². The lowest BCUT2D eigenvalue weighted by atomic mass is 10.1. The van der Waals surface area contributed by atoms with Crippen LogP contribution in [0.15, 0.2) is 97.2 Å². The predicted molar refractivity (Wildman–Crippen MR) is 167 cm³/mol. The second-order valence-corrected chi connectivity index (χ2v) is 10.4. The molecule has 46 heavy (non-hydrogen) atoms. The first kappa shape index (κ1) is 29.8. The maximum Gasteiger partial charge on any atom is 0.319 e. The van der Waals surface area contributed by atoms with E-state index in [-0.39, 0.29) is 42.9 Å². The van der Waals surface area contributed by atoms with Crippen molar-refractivity contribution in [3.63, 3.8) is 0 Å². The molecule has 228 valence electrons. The number of rotatable bonds is 10. The number of carbonyl (C=O) groups is 3. The number of aromatic nitrogens is 1. The van der Waals surface area contributed by atoms with E-state index in [2.05, 4.69) is 21.7 Å². The van der Waals surface area contributed by atoms with Gasteiger partial charge in [0.1, 0.15) is 29.1 Å². The lowest BCUT2D eigenvalue weighted by molar-refractivity contribution is 0.0646. The third-order valence-corrected chi connectivity index (χ3v) is 7.29. The third kappa shape index (κ3) is 6.46. The summed E-state index contributed by atoms with van der Waals surface area (Å²) in [6, 6.07) is 26.1. The minimum atomic E-state index is -0.422. The largest absolute Gasteiger partial charge is 0.492 e. The molecule has 10 nitrogen and oxygen atoms in total. The summed E-state index contributed by atoms with van der Waals surface area (Å²) in [4.78, 5) is 43.0. The molecule has 1 aliphatic heterocycles. The van der Waals surface area contributed by atoms with Gasteiger partial charge in [0.05, 0.1) is 28.8 Å². The Morgan fingerprint density at radius 1 is 0.913 bits per heavy atom. The summed E-state index contributed by atoms with van der Waals surface area (Å²) in [5.41, 5.74) is 2.94. The zero-order valence-electron chi connectivity index (χ0n) is 24.3. The summed E-state index contributed by atoms with van der Waals surface area (Å²) in [6.07, 6.45) is 1.98. The van der Waals surface area contributed by atoms with Gasteiger partial charge in [-0.3, -0.25) is 19.5 Å². The molecule has 5 aromatic rings. The lowest BCUT2D eigenvalue weighted by Gasteiger charge is -2.15. The van der Waals surface area contributed by atoms with Crippen LogP contribution in [0.2, 0.25) is 0 Å². The van der Waals surface area contributed by atoms with E-state index in [9.17, 15) is 24.0 Å². The fraction of sp³-hybridized carbons (Fsp3) is 0.114. The number of carbonyl (C=O) groups excluding carboxylic acids is 3. The van der Waals surface area contributed by atoms with E-state index >= 15 is 0 Å². The summed E-state index contributed by atoms with van der Waals surface area (Å²) < 4.78 is 25.1. The van der Waals surface area contributed by atoms with Crippen molar-refractivity contribution in [1.29, 1.82) is 5.26 Å². The smallest absolute Gasteiger partial charge is 0.319 e. The number of nitrogens with zero attached hydrogens (tertiary/aromatic N) is 3. The van der Waals surface area contributed by atoms with Crippen LogP contribution in [0.4, 0.5) is 14.9 Å². The summed E-state index contributed by atoms with van der Waals surface area (Å²) in [7, 11) is 0. The highest BCUT2D eigenvalue weighted by atomic mass is 19.1. The van der Waals surface area contributed by atoms with E-state index in [1.807, 2.05) is 12.1 Å². The zero-order valence-corrected chi connectivity index (χ0v) is 24.3. The number of imide groups is 1. The first-order valence-corrected chi connectivity index (χ1v) is 14.4. The fourth-order valence-corrected chi connectivity index (χ4v) is 4.98. The van der Waals surface area contributed by atoms with Crippen molar-refractivity contribution in [3.8, 4) is 23.3 Å². The number of hydrogen-bond acceptors (Lipinski definition) is 7. The van der Waals surface area contributed by atoms with Gasteiger partial charge in [0.2, 0.25) is 0 Å². The topological polar surface area (TPSA) is 134 Å². The molecule has 4 aromatic carbocycles. The standard InChI is InChI=1S/C35H26FN5O5/c36-24-8-10-25(11-9-24)40-35(44)39-21-22-6-12-26(13-7-22)46-31-14-15-38-30-19-32(23(20-37)18-29(30)31)45-17-3-16-41-33(42)27-4-1-2-5-28(27)34(41)43/h1-2,4-15,18-19H,3,16-17,21H2,(H2,39,40,44). The molecule has 0 spiro atoms. The molecule has 6 rings (SSSR count). The summed E-state index contributed by atoms with van der Waals surface area (Å²) >= 11 is 0. The van der Waals surface area contributed by atoms with Crippen molar-refractivity contribution in [1.82, 2.24) is 15.2 Å². The van der Waals surface area contributed by atoms with Crippen molar-refractivity contribution < 1.29 is 28.2 Å². The van der Waals surface area contributed by atoms with Crippen LogP contribution < -0.4 is 20.1 Å². The van der Waals surface area contributed by atoms with Crippen LogP contribution in [0.3, 0.4) is 0 Å². The number of nitriles is 1. The van der Waals surface area contributed by atoms with Gasteiger partial charge in [-0.2, -0.15) is 5.26 Å². The number of anilines is 1. The van der Waals surface area contributed by atoms with Gasteiger partial charge in [0.25, 0.3) is 11.8 Å². The van der Waals surface area contributed by atoms with Gasteiger partial charge in [0.15, 0.2) is 0 Å². The second-order valence-electron chi connectivity index (χ2n) is 10.4. The van der Waals surface area contributed by atoms with Gasteiger partial charge >= 0.3 is 6.03 Å². The van der Waals surface area contributed by atoms with Crippen LogP contribution in [-0.4, -0.2) is 40.9 Å². The number of ether oxygens (including phenoxy) is 2. The van der Waals surface area contributed by atoms with Crippen LogP contribution in [0.5, 0.6) is 17.2 Å². The molecule has 0 unspecified atom stereocenters. The summed E-state index contributed by atoms with van der Waals surface area (Å²) in [6.45, 7) is 0.632. The minimum Gasteiger partial charge on any atom is -0.492 e. The van der Waals surface area contributed by atoms with Gasteiger partial charge in [-0.05, 0) is 72.6 Å². The zero-order chi connectivity index (χ0) is 32.0. The number of halogens is 1.